The molecule has 1 aliphatic rings. The highest BCUT2D eigenvalue weighted by Crippen LogP contribution is 1.94. The molecule has 1 rings (SSSR count). The van der Waals surface area contributed by atoms with Gasteiger partial charge in [0.2, 0.25) is 0 Å². The molecule has 1 heterocycles. The van der Waals surface area contributed by atoms with E-state index >= 15 is 0 Å². The molecular weight excluding hydrogens is 112 g/mol. The third-order valence-corrected chi connectivity index (χ3v) is 1.44. The van der Waals surface area contributed by atoms with E-state index in [1.807, 2.05) is 0 Å². The highest BCUT2D eigenvalue weighted by Gasteiger charge is 2.18. The lowest BCUT2D eigenvalue weighted by Gasteiger charge is -2.04. The van der Waals surface area contributed by atoms with Crippen LogP contribution in [-0.4, -0.2) is 25.7 Å². The molecule has 1 unspecified atom stereocenters. The van der Waals surface area contributed by atoms with Gasteiger partial charge in [-0.3, -0.25) is 0 Å². The van der Waals surface area contributed by atoms with Crippen molar-refractivity contribution in [3.8, 4) is 0 Å². The van der Waals surface area contributed by atoms with Crippen molar-refractivity contribution in [1.82, 2.24) is 10.6 Å². The molecule has 1 atom stereocenters. The van der Waals surface area contributed by atoms with Crippen molar-refractivity contribution in [3.05, 3.63) is 0 Å². The zero-order valence-corrected chi connectivity index (χ0v) is 6.28. The Morgan fingerprint density at radius 1 is 1.67 bits per heavy atom. The van der Waals surface area contributed by atoms with Crippen LogP contribution in [0.2, 0.25) is 0 Å². The third kappa shape index (κ3) is 3.49. The first-order chi connectivity index (χ1) is 4.29. The summed E-state index contributed by atoms with van der Waals surface area (Å²) in [6, 6.07) is 0.781. The Morgan fingerprint density at radius 2 is 2.33 bits per heavy atom. The van der Waals surface area contributed by atoms with E-state index in [2.05, 4.69) is 24.5 Å². The van der Waals surface area contributed by atoms with Gasteiger partial charge in [0.1, 0.15) is 0 Å². The predicted molar refractivity (Wildman–Crippen MR) is 39.5 cm³/mol. The number of hydrogen-bond donors (Lipinski definition) is 2. The summed E-state index contributed by atoms with van der Waals surface area (Å²) in [7, 11) is 0. The number of rotatable bonds is 4. The van der Waals surface area contributed by atoms with Gasteiger partial charge in [-0.1, -0.05) is 13.8 Å². The minimum atomic E-state index is 0.781. The summed E-state index contributed by atoms with van der Waals surface area (Å²) in [4.78, 5) is 0. The van der Waals surface area contributed by atoms with Crippen LogP contribution in [0, 0.1) is 5.92 Å². The fourth-order valence-electron chi connectivity index (χ4n) is 0.774. The predicted octanol–water partition coefficient (Wildman–Crippen LogP) is 0.204. The van der Waals surface area contributed by atoms with Crippen LogP contribution in [0.4, 0.5) is 0 Å². The molecule has 54 valence electrons. The molecule has 0 aromatic rings. The molecular formula is C7H16N2. The molecule has 2 heteroatoms. The van der Waals surface area contributed by atoms with Crippen LogP contribution in [0.25, 0.3) is 0 Å². The maximum atomic E-state index is 3.38. The highest BCUT2D eigenvalue weighted by atomic mass is 15.1. The lowest BCUT2D eigenvalue weighted by molar-refractivity contribution is 0.552. The van der Waals surface area contributed by atoms with E-state index < -0.39 is 0 Å². The second-order valence-electron chi connectivity index (χ2n) is 3.16. The van der Waals surface area contributed by atoms with E-state index in [0.717, 1.165) is 25.0 Å². The minimum absolute atomic E-state index is 0.781. The molecule has 0 saturated carbocycles. The van der Waals surface area contributed by atoms with Crippen LogP contribution in [0.1, 0.15) is 13.8 Å². The Balaban J connectivity index is 1.81. The summed E-state index contributed by atoms with van der Waals surface area (Å²) in [5.74, 6) is 0.781. The lowest BCUT2D eigenvalue weighted by atomic mass is 10.2. The maximum Gasteiger partial charge on any atom is 0.0318 e. The lowest BCUT2D eigenvalue weighted by Crippen LogP contribution is -2.24. The van der Waals surface area contributed by atoms with Crippen molar-refractivity contribution >= 4 is 0 Å². The van der Waals surface area contributed by atoms with E-state index in [1.54, 1.807) is 0 Å². The average molecular weight is 128 g/mol. The standard InChI is InChI=1S/C7H16N2/c1-6(2)3-8-4-7-5-9-7/h6-9H,3-5H2,1-2H3. The summed E-state index contributed by atoms with van der Waals surface area (Å²) >= 11 is 0. The summed E-state index contributed by atoms with van der Waals surface area (Å²) < 4.78 is 0. The fourth-order valence-corrected chi connectivity index (χ4v) is 0.774. The molecule has 0 amide bonds. The summed E-state index contributed by atoms with van der Waals surface area (Å²) in [5, 5.41) is 6.63. The molecule has 2 nitrogen and oxygen atoms in total. The molecule has 0 spiro atoms. The van der Waals surface area contributed by atoms with Crippen molar-refractivity contribution < 1.29 is 0 Å². The van der Waals surface area contributed by atoms with Gasteiger partial charge in [-0.2, -0.15) is 0 Å². The molecule has 9 heavy (non-hydrogen) atoms. The number of hydrogen-bond acceptors (Lipinski definition) is 2. The van der Waals surface area contributed by atoms with Gasteiger partial charge in [0.05, 0.1) is 0 Å². The van der Waals surface area contributed by atoms with Crippen LogP contribution < -0.4 is 10.6 Å². The molecule has 0 aromatic carbocycles. The Kier molecular flexibility index (Phi) is 2.49. The maximum absolute atomic E-state index is 3.38. The first-order valence-corrected chi connectivity index (χ1v) is 3.73. The Bertz CT molecular complexity index is 75.0. The van der Waals surface area contributed by atoms with Crippen LogP contribution in [0.5, 0.6) is 0 Å². The van der Waals surface area contributed by atoms with Gasteiger partial charge < -0.3 is 10.6 Å². The second kappa shape index (κ2) is 3.18. The second-order valence-corrected chi connectivity index (χ2v) is 3.16. The monoisotopic (exact) mass is 128 g/mol. The molecule has 0 radical (unpaired) electrons. The molecule has 2 N–H and O–H groups in total. The van der Waals surface area contributed by atoms with Gasteiger partial charge in [0, 0.05) is 19.1 Å². The normalized spacial score (nSPS) is 25.0. The van der Waals surface area contributed by atoms with Gasteiger partial charge in [-0.15, -0.1) is 0 Å². The fraction of sp³-hybridized carbons (Fsp3) is 1.00. The number of nitrogens with one attached hydrogen (secondary N) is 2. The minimum Gasteiger partial charge on any atom is -0.315 e. The molecule has 1 saturated heterocycles. The summed E-state index contributed by atoms with van der Waals surface area (Å²) in [5.41, 5.74) is 0. The Morgan fingerprint density at radius 3 is 2.78 bits per heavy atom. The first-order valence-electron chi connectivity index (χ1n) is 3.73. The molecule has 1 fully saturated rings. The zero-order valence-electron chi connectivity index (χ0n) is 6.28. The van der Waals surface area contributed by atoms with Crippen LogP contribution in [0.15, 0.2) is 0 Å². The van der Waals surface area contributed by atoms with Gasteiger partial charge in [0.15, 0.2) is 0 Å². The smallest absolute Gasteiger partial charge is 0.0318 e. The SMILES string of the molecule is CC(C)CNCC1CN1. The van der Waals surface area contributed by atoms with Gasteiger partial charge in [-0.05, 0) is 12.5 Å². The highest BCUT2D eigenvalue weighted by molar-refractivity contribution is 4.84. The van der Waals surface area contributed by atoms with Gasteiger partial charge >= 0.3 is 0 Å². The summed E-state index contributed by atoms with van der Waals surface area (Å²) in [6.45, 7) is 7.97. The Hall–Kier alpha value is -0.0800. The van der Waals surface area contributed by atoms with E-state index in [0.29, 0.717) is 0 Å². The van der Waals surface area contributed by atoms with Crippen molar-refractivity contribution in [2.75, 3.05) is 19.6 Å². The van der Waals surface area contributed by atoms with Crippen LogP contribution in [0.3, 0.4) is 0 Å². The van der Waals surface area contributed by atoms with E-state index in [4.69, 9.17) is 0 Å². The molecule has 1 aliphatic heterocycles. The van der Waals surface area contributed by atoms with E-state index in [1.165, 1.54) is 6.54 Å². The van der Waals surface area contributed by atoms with Crippen molar-refractivity contribution in [2.45, 2.75) is 19.9 Å². The van der Waals surface area contributed by atoms with Gasteiger partial charge in [0.25, 0.3) is 0 Å². The molecule has 0 aromatic heterocycles. The van der Waals surface area contributed by atoms with Gasteiger partial charge in [-0.25, -0.2) is 0 Å². The third-order valence-electron chi connectivity index (χ3n) is 1.44. The molecule has 0 bridgehead atoms. The van der Waals surface area contributed by atoms with Crippen molar-refractivity contribution in [1.29, 1.82) is 0 Å². The largest absolute Gasteiger partial charge is 0.315 e. The zero-order chi connectivity index (χ0) is 6.69. The van der Waals surface area contributed by atoms with Crippen LogP contribution in [-0.2, 0) is 0 Å². The topological polar surface area (TPSA) is 34.0 Å². The molecule has 0 aliphatic carbocycles. The Labute approximate surface area is 57.0 Å². The van der Waals surface area contributed by atoms with Crippen LogP contribution >= 0.6 is 0 Å². The first kappa shape index (κ1) is 7.03. The quantitative estimate of drug-likeness (QED) is 0.530. The van der Waals surface area contributed by atoms with Crippen molar-refractivity contribution in [3.63, 3.8) is 0 Å². The average Bonchev–Trinajstić information content (AvgIpc) is 2.48. The summed E-state index contributed by atoms with van der Waals surface area (Å²) in [6.07, 6.45) is 0. The van der Waals surface area contributed by atoms with Crippen molar-refractivity contribution in [2.24, 2.45) is 5.92 Å². The van der Waals surface area contributed by atoms with E-state index in [-0.39, 0.29) is 0 Å². The van der Waals surface area contributed by atoms with E-state index in [9.17, 15) is 0 Å².